The number of halogens is 1. The third-order valence-corrected chi connectivity index (χ3v) is 2.73. The standard InChI is InChI=1S/C14H20FNO3/c1-9(2)13(17)8-16-14(18)10(3)19-12-6-4-5-11(15)7-12/h4-7,9-10,13,17H,8H2,1-3H3,(H,16,18). The molecule has 0 aliphatic heterocycles. The third-order valence-electron chi connectivity index (χ3n) is 2.73. The molecule has 1 aromatic rings. The molecule has 1 aromatic carbocycles. The molecule has 0 saturated heterocycles. The first kappa shape index (κ1) is 15.4. The summed E-state index contributed by atoms with van der Waals surface area (Å²) in [5.41, 5.74) is 0. The SMILES string of the molecule is CC(Oc1cccc(F)c1)C(=O)NCC(O)C(C)C. The van der Waals surface area contributed by atoms with Crippen LogP contribution in [0.1, 0.15) is 20.8 Å². The molecule has 0 fully saturated rings. The van der Waals surface area contributed by atoms with Gasteiger partial charge < -0.3 is 15.2 Å². The smallest absolute Gasteiger partial charge is 0.260 e. The van der Waals surface area contributed by atoms with Crippen molar-refractivity contribution in [2.45, 2.75) is 33.0 Å². The first-order valence-electron chi connectivity index (χ1n) is 6.28. The second-order valence-electron chi connectivity index (χ2n) is 4.77. The van der Waals surface area contributed by atoms with Crippen LogP contribution in [0, 0.1) is 11.7 Å². The molecule has 2 N–H and O–H groups in total. The van der Waals surface area contributed by atoms with Crippen molar-refractivity contribution in [1.29, 1.82) is 0 Å². The summed E-state index contributed by atoms with van der Waals surface area (Å²) >= 11 is 0. The summed E-state index contributed by atoms with van der Waals surface area (Å²) in [5.74, 6) is -0.392. The van der Waals surface area contributed by atoms with E-state index in [0.29, 0.717) is 5.75 Å². The summed E-state index contributed by atoms with van der Waals surface area (Å²) in [6, 6.07) is 5.61. The first-order chi connectivity index (χ1) is 8.90. The Morgan fingerprint density at radius 2 is 2.11 bits per heavy atom. The van der Waals surface area contributed by atoms with E-state index in [1.165, 1.54) is 18.2 Å². The highest BCUT2D eigenvalue weighted by molar-refractivity contribution is 5.80. The van der Waals surface area contributed by atoms with Crippen LogP contribution in [0.15, 0.2) is 24.3 Å². The molecule has 0 bridgehead atoms. The van der Waals surface area contributed by atoms with Crippen LogP contribution >= 0.6 is 0 Å². The number of ether oxygens (including phenoxy) is 1. The van der Waals surface area contributed by atoms with E-state index in [-0.39, 0.29) is 18.4 Å². The molecule has 106 valence electrons. The maximum Gasteiger partial charge on any atom is 0.260 e. The summed E-state index contributed by atoms with van der Waals surface area (Å²) in [7, 11) is 0. The fourth-order valence-electron chi connectivity index (χ4n) is 1.38. The van der Waals surface area contributed by atoms with Crippen molar-refractivity contribution < 1.29 is 19.0 Å². The van der Waals surface area contributed by atoms with Crippen molar-refractivity contribution in [1.82, 2.24) is 5.32 Å². The highest BCUT2D eigenvalue weighted by Crippen LogP contribution is 2.13. The van der Waals surface area contributed by atoms with Crippen LogP contribution < -0.4 is 10.1 Å². The second kappa shape index (κ2) is 7.09. The normalized spacial score (nSPS) is 14.0. The van der Waals surface area contributed by atoms with Crippen LogP contribution in [0.4, 0.5) is 4.39 Å². The summed E-state index contributed by atoms with van der Waals surface area (Å²) in [5, 5.41) is 12.2. The molecular formula is C14H20FNO3. The molecule has 0 aliphatic carbocycles. The Hall–Kier alpha value is -1.62. The van der Waals surface area contributed by atoms with Gasteiger partial charge in [0.25, 0.3) is 5.91 Å². The Bertz CT molecular complexity index is 423. The lowest BCUT2D eigenvalue weighted by Crippen LogP contribution is -2.41. The summed E-state index contributed by atoms with van der Waals surface area (Å²) in [6.45, 7) is 5.47. The number of benzene rings is 1. The van der Waals surface area contributed by atoms with Gasteiger partial charge in [0, 0.05) is 12.6 Å². The maximum atomic E-state index is 12.9. The van der Waals surface area contributed by atoms with E-state index >= 15 is 0 Å². The van der Waals surface area contributed by atoms with Crippen LogP contribution in [0.2, 0.25) is 0 Å². The van der Waals surface area contributed by atoms with Gasteiger partial charge in [-0.2, -0.15) is 0 Å². The van der Waals surface area contributed by atoms with Crippen molar-refractivity contribution in [2.24, 2.45) is 5.92 Å². The molecule has 1 amide bonds. The summed E-state index contributed by atoms with van der Waals surface area (Å²) in [6.07, 6.45) is -1.34. The van der Waals surface area contributed by atoms with Crippen LogP contribution in [0.5, 0.6) is 5.75 Å². The van der Waals surface area contributed by atoms with E-state index in [4.69, 9.17) is 4.74 Å². The minimum absolute atomic E-state index is 0.0692. The van der Waals surface area contributed by atoms with Crippen molar-refractivity contribution in [3.05, 3.63) is 30.1 Å². The molecule has 0 aliphatic rings. The molecule has 2 unspecified atom stereocenters. The second-order valence-corrected chi connectivity index (χ2v) is 4.77. The van der Waals surface area contributed by atoms with Crippen LogP contribution in [0.3, 0.4) is 0 Å². The van der Waals surface area contributed by atoms with Gasteiger partial charge in [0.2, 0.25) is 0 Å². The van der Waals surface area contributed by atoms with Gasteiger partial charge in [-0.15, -0.1) is 0 Å². The molecule has 4 nitrogen and oxygen atoms in total. The number of carbonyl (C=O) groups is 1. The topological polar surface area (TPSA) is 58.6 Å². The van der Waals surface area contributed by atoms with Gasteiger partial charge in [0.1, 0.15) is 11.6 Å². The lowest BCUT2D eigenvalue weighted by atomic mass is 10.1. The summed E-state index contributed by atoms with van der Waals surface area (Å²) < 4.78 is 18.3. The summed E-state index contributed by atoms with van der Waals surface area (Å²) in [4.78, 5) is 11.7. The molecule has 0 radical (unpaired) electrons. The highest BCUT2D eigenvalue weighted by atomic mass is 19.1. The minimum atomic E-state index is -0.749. The van der Waals surface area contributed by atoms with E-state index < -0.39 is 18.0 Å². The highest BCUT2D eigenvalue weighted by Gasteiger charge is 2.17. The number of rotatable bonds is 6. The fourth-order valence-corrected chi connectivity index (χ4v) is 1.38. The van der Waals surface area contributed by atoms with E-state index in [1.54, 1.807) is 13.0 Å². The molecular weight excluding hydrogens is 249 g/mol. The molecule has 2 atom stereocenters. The third kappa shape index (κ3) is 5.26. The Kier molecular flexibility index (Phi) is 5.76. The van der Waals surface area contributed by atoms with E-state index in [2.05, 4.69) is 5.32 Å². The monoisotopic (exact) mass is 269 g/mol. The van der Waals surface area contributed by atoms with Crippen molar-refractivity contribution >= 4 is 5.91 Å². The first-order valence-corrected chi connectivity index (χ1v) is 6.28. The zero-order valence-electron chi connectivity index (χ0n) is 11.4. The molecule has 0 saturated carbocycles. The van der Waals surface area contributed by atoms with E-state index in [0.717, 1.165) is 0 Å². The van der Waals surface area contributed by atoms with Crippen molar-refractivity contribution in [3.8, 4) is 5.75 Å². The Morgan fingerprint density at radius 3 is 2.68 bits per heavy atom. The lowest BCUT2D eigenvalue weighted by Gasteiger charge is -2.18. The maximum absolute atomic E-state index is 12.9. The zero-order valence-corrected chi connectivity index (χ0v) is 11.4. The van der Waals surface area contributed by atoms with Gasteiger partial charge >= 0.3 is 0 Å². The van der Waals surface area contributed by atoms with Crippen LogP contribution in [-0.2, 0) is 4.79 Å². The lowest BCUT2D eigenvalue weighted by molar-refractivity contribution is -0.127. The minimum Gasteiger partial charge on any atom is -0.481 e. The van der Waals surface area contributed by atoms with E-state index in [1.807, 2.05) is 13.8 Å². The number of carbonyl (C=O) groups excluding carboxylic acids is 1. The number of hydrogen-bond acceptors (Lipinski definition) is 3. The van der Waals surface area contributed by atoms with Crippen LogP contribution in [-0.4, -0.2) is 29.8 Å². The van der Waals surface area contributed by atoms with Crippen LogP contribution in [0.25, 0.3) is 0 Å². The van der Waals surface area contributed by atoms with Gasteiger partial charge in [-0.05, 0) is 25.0 Å². The Balaban J connectivity index is 2.45. The Morgan fingerprint density at radius 1 is 1.42 bits per heavy atom. The van der Waals surface area contributed by atoms with Gasteiger partial charge in [0.15, 0.2) is 6.10 Å². The average Bonchev–Trinajstić information content (AvgIpc) is 2.35. The molecule has 0 aromatic heterocycles. The molecule has 19 heavy (non-hydrogen) atoms. The van der Waals surface area contributed by atoms with Crippen molar-refractivity contribution in [3.63, 3.8) is 0 Å². The zero-order chi connectivity index (χ0) is 14.4. The quantitative estimate of drug-likeness (QED) is 0.827. The Labute approximate surface area is 112 Å². The predicted molar refractivity (Wildman–Crippen MR) is 70.3 cm³/mol. The average molecular weight is 269 g/mol. The fraction of sp³-hybridized carbons (Fsp3) is 0.500. The molecule has 0 heterocycles. The van der Waals surface area contributed by atoms with Gasteiger partial charge in [-0.25, -0.2) is 4.39 Å². The number of amides is 1. The van der Waals surface area contributed by atoms with Gasteiger partial charge in [-0.1, -0.05) is 19.9 Å². The number of aliphatic hydroxyl groups is 1. The molecule has 5 heteroatoms. The van der Waals surface area contributed by atoms with Crippen molar-refractivity contribution in [2.75, 3.05) is 6.54 Å². The molecule has 0 spiro atoms. The van der Waals surface area contributed by atoms with Gasteiger partial charge in [-0.3, -0.25) is 4.79 Å². The largest absolute Gasteiger partial charge is 0.481 e. The molecule has 1 rings (SSSR count). The van der Waals surface area contributed by atoms with E-state index in [9.17, 15) is 14.3 Å². The predicted octanol–water partition coefficient (Wildman–Crippen LogP) is 1.73. The number of nitrogens with one attached hydrogen (secondary N) is 1. The number of aliphatic hydroxyl groups excluding tert-OH is 1. The van der Waals surface area contributed by atoms with Gasteiger partial charge in [0.05, 0.1) is 6.10 Å². The number of hydrogen-bond donors (Lipinski definition) is 2.